The molecule has 1 aromatic rings. The van der Waals surface area contributed by atoms with Crippen molar-refractivity contribution in [1.82, 2.24) is 25.8 Å². The van der Waals surface area contributed by atoms with Gasteiger partial charge >= 0.3 is 0 Å². The Balaban J connectivity index is 1.47. The number of carbonyl (C=O) groups excluding carboxylic acids is 1. The van der Waals surface area contributed by atoms with Crippen LogP contribution < -0.4 is 21.7 Å². The van der Waals surface area contributed by atoms with Crippen LogP contribution in [0.2, 0.25) is 0 Å². The van der Waals surface area contributed by atoms with Gasteiger partial charge in [0.15, 0.2) is 5.69 Å². The second-order valence-corrected chi connectivity index (χ2v) is 8.54. The summed E-state index contributed by atoms with van der Waals surface area (Å²) < 4.78 is 4.88. The van der Waals surface area contributed by atoms with Gasteiger partial charge in [0.2, 0.25) is 0 Å². The lowest BCUT2D eigenvalue weighted by Gasteiger charge is -2.29. The number of amides is 1. The fourth-order valence-electron chi connectivity index (χ4n) is 3.71. The van der Waals surface area contributed by atoms with Crippen molar-refractivity contribution in [1.29, 1.82) is 5.41 Å². The van der Waals surface area contributed by atoms with Crippen LogP contribution in [-0.2, 0) is 0 Å². The van der Waals surface area contributed by atoms with Gasteiger partial charge in [-0.15, -0.1) is 11.6 Å². The Bertz CT molecular complexity index is 871. The number of halogens is 1. The van der Waals surface area contributed by atoms with Crippen LogP contribution in [0.4, 0.5) is 6.01 Å². The van der Waals surface area contributed by atoms with Gasteiger partial charge in [0, 0.05) is 31.9 Å². The van der Waals surface area contributed by atoms with Crippen molar-refractivity contribution in [3.05, 3.63) is 47.4 Å². The van der Waals surface area contributed by atoms with Crippen LogP contribution in [0.15, 0.2) is 46.1 Å². The van der Waals surface area contributed by atoms with E-state index in [1.165, 1.54) is 25.3 Å². The molecule has 9 nitrogen and oxygen atoms in total. The number of carbonyl (C=O) groups is 1. The zero-order valence-corrected chi connectivity index (χ0v) is 19.1. The first kappa shape index (κ1) is 24.2. The Morgan fingerprint density at radius 3 is 2.88 bits per heavy atom. The van der Waals surface area contributed by atoms with Crippen LogP contribution in [0.5, 0.6) is 0 Å². The Hall–Kier alpha value is -2.46. The molecule has 32 heavy (non-hydrogen) atoms. The van der Waals surface area contributed by atoms with Gasteiger partial charge in [0.05, 0.1) is 11.4 Å². The summed E-state index contributed by atoms with van der Waals surface area (Å²) in [6.07, 6.45) is 12.4. The molecule has 0 radical (unpaired) electrons. The number of hydrogen-bond donors (Lipinski definition) is 5. The number of anilines is 1. The molecule has 0 spiro atoms. The number of nitrogens with one attached hydrogen (secondary N) is 4. The maximum atomic E-state index is 12.3. The number of rotatable bonds is 10. The standard InChI is InChI=1S/C22H32ClN7O2/c1-30-10-5-17(6-11-30)27-9-8-26-7-4-16(13-24)15-2-3-18(23)19(12-15)28-21(31)20-14-32-22(25)29-20/h2-4,12-14,17-19,24,26-27H,5-11H2,1H3,(H2,25,29)(H,28,31)/b16-4-,24-13?. The first-order chi connectivity index (χ1) is 15.5. The van der Waals surface area contributed by atoms with E-state index in [-0.39, 0.29) is 11.7 Å². The van der Waals surface area contributed by atoms with Crippen LogP contribution in [0.1, 0.15) is 23.3 Å². The zero-order chi connectivity index (χ0) is 22.9. The predicted molar refractivity (Wildman–Crippen MR) is 127 cm³/mol. The zero-order valence-electron chi connectivity index (χ0n) is 18.3. The van der Waals surface area contributed by atoms with Gasteiger partial charge in [-0.3, -0.25) is 4.79 Å². The lowest BCUT2D eigenvalue weighted by Crippen LogP contribution is -2.42. The molecule has 3 rings (SSSR count). The molecule has 1 fully saturated rings. The summed E-state index contributed by atoms with van der Waals surface area (Å²) in [6.45, 7) is 4.71. The molecule has 1 aliphatic carbocycles. The van der Waals surface area contributed by atoms with Crippen molar-refractivity contribution in [2.75, 3.05) is 45.5 Å². The van der Waals surface area contributed by atoms with Crippen molar-refractivity contribution in [2.45, 2.75) is 30.3 Å². The summed E-state index contributed by atoms with van der Waals surface area (Å²) in [4.78, 5) is 18.5. The van der Waals surface area contributed by atoms with Crippen molar-refractivity contribution in [3.8, 4) is 0 Å². The maximum Gasteiger partial charge on any atom is 0.292 e. The molecule has 1 amide bonds. The van der Waals surface area contributed by atoms with Gasteiger partial charge in [-0.25, -0.2) is 0 Å². The molecule has 2 unspecified atom stereocenters. The number of oxazole rings is 1. The summed E-state index contributed by atoms with van der Waals surface area (Å²) in [5.41, 5.74) is 7.10. The molecule has 1 aromatic heterocycles. The van der Waals surface area contributed by atoms with Gasteiger partial charge in [-0.1, -0.05) is 24.3 Å². The molecular weight excluding hydrogens is 430 g/mol. The lowest BCUT2D eigenvalue weighted by molar-refractivity contribution is 0.0940. The molecule has 2 atom stereocenters. The molecule has 1 aliphatic heterocycles. The summed E-state index contributed by atoms with van der Waals surface area (Å²) in [6, 6.07) is 0.0834. The highest BCUT2D eigenvalue weighted by atomic mass is 35.5. The van der Waals surface area contributed by atoms with Crippen molar-refractivity contribution in [3.63, 3.8) is 0 Å². The molecule has 174 valence electrons. The highest BCUT2D eigenvalue weighted by Gasteiger charge is 2.23. The van der Waals surface area contributed by atoms with E-state index in [2.05, 4.69) is 32.9 Å². The fraction of sp³-hybridized carbons (Fsp3) is 0.500. The van der Waals surface area contributed by atoms with Crippen LogP contribution >= 0.6 is 11.6 Å². The SMILES string of the molecule is CN1CCC(NCCNC/C=C(/C=N)C2=CC(NC(=O)c3coc(N)n3)C(Cl)C=C2)CC1. The second-order valence-electron chi connectivity index (χ2n) is 8.04. The van der Waals surface area contributed by atoms with Gasteiger partial charge in [0.1, 0.15) is 6.26 Å². The average molecular weight is 462 g/mol. The monoisotopic (exact) mass is 461 g/mol. The van der Waals surface area contributed by atoms with Crippen LogP contribution in [0, 0.1) is 5.41 Å². The molecule has 1 saturated heterocycles. The fourth-order valence-corrected chi connectivity index (χ4v) is 3.92. The van der Waals surface area contributed by atoms with E-state index < -0.39 is 17.3 Å². The lowest BCUT2D eigenvalue weighted by atomic mass is 9.96. The number of aromatic nitrogens is 1. The van der Waals surface area contributed by atoms with E-state index in [4.69, 9.17) is 27.2 Å². The maximum absolute atomic E-state index is 12.3. The van der Waals surface area contributed by atoms with Crippen LogP contribution in [0.3, 0.4) is 0 Å². The summed E-state index contributed by atoms with van der Waals surface area (Å²) in [5, 5.41) is 17.2. The first-order valence-electron chi connectivity index (χ1n) is 10.9. The summed E-state index contributed by atoms with van der Waals surface area (Å²) in [5.74, 6) is -0.425. The van der Waals surface area contributed by atoms with E-state index >= 15 is 0 Å². The third kappa shape index (κ3) is 7.03. The van der Waals surface area contributed by atoms with Crippen molar-refractivity contribution < 1.29 is 9.21 Å². The van der Waals surface area contributed by atoms with Crippen molar-refractivity contribution in [2.24, 2.45) is 0 Å². The summed E-state index contributed by atoms with van der Waals surface area (Å²) in [7, 11) is 2.17. The number of nitrogens with zero attached hydrogens (tertiary/aromatic N) is 2. The number of allylic oxidation sites excluding steroid dienone is 3. The molecule has 6 N–H and O–H groups in total. The van der Waals surface area contributed by atoms with E-state index in [9.17, 15) is 4.79 Å². The smallest absolute Gasteiger partial charge is 0.292 e. The predicted octanol–water partition coefficient (Wildman–Crippen LogP) is 1.31. The molecule has 2 aliphatic rings. The molecule has 2 heterocycles. The molecule has 0 saturated carbocycles. The number of nitrogens with two attached hydrogens (primary N) is 1. The van der Waals surface area contributed by atoms with Crippen molar-refractivity contribution >= 4 is 29.7 Å². The Labute approximate surface area is 193 Å². The molecular formula is C22H32ClN7O2. The second kappa shape index (κ2) is 12.0. The largest absolute Gasteiger partial charge is 0.431 e. The summed E-state index contributed by atoms with van der Waals surface area (Å²) >= 11 is 6.35. The Kier molecular flexibility index (Phi) is 9.04. The van der Waals surface area contributed by atoms with Gasteiger partial charge < -0.3 is 36.4 Å². The number of alkyl halides is 1. The van der Waals surface area contributed by atoms with Gasteiger partial charge in [0.25, 0.3) is 11.9 Å². The number of nitrogen functional groups attached to an aromatic ring is 1. The minimum Gasteiger partial charge on any atom is -0.431 e. The quantitative estimate of drug-likeness (QED) is 0.201. The Morgan fingerprint density at radius 1 is 1.41 bits per heavy atom. The highest BCUT2D eigenvalue weighted by molar-refractivity contribution is 6.22. The molecule has 0 aromatic carbocycles. The average Bonchev–Trinajstić information content (AvgIpc) is 3.23. The topological polar surface area (TPSA) is 132 Å². The van der Waals surface area contributed by atoms with E-state index in [1.807, 2.05) is 18.2 Å². The molecule has 10 heteroatoms. The van der Waals surface area contributed by atoms with Gasteiger partial charge in [-0.2, -0.15) is 4.98 Å². The minimum absolute atomic E-state index is 0.0691. The Morgan fingerprint density at radius 2 is 2.19 bits per heavy atom. The van der Waals surface area contributed by atoms with Gasteiger partial charge in [-0.05, 0) is 44.1 Å². The number of likely N-dealkylation sites (tertiary alicyclic amines) is 1. The van der Waals surface area contributed by atoms with Crippen LogP contribution in [-0.4, -0.2) is 79.2 Å². The first-order valence-corrected chi connectivity index (χ1v) is 11.3. The number of piperidine rings is 1. The third-order valence-corrected chi connectivity index (χ3v) is 6.04. The van der Waals surface area contributed by atoms with E-state index in [1.54, 1.807) is 6.08 Å². The molecule has 0 bridgehead atoms. The minimum atomic E-state index is -0.447. The number of hydrogen-bond acceptors (Lipinski definition) is 8. The third-order valence-electron chi connectivity index (χ3n) is 5.62. The highest BCUT2D eigenvalue weighted by Crippen LogP contribution is 2.21. The van der Waals surface area contributed by atoms with E-state index in [0.29, 0.717) is 12.6 Å². The van der Waals surface area contributed by atoms with Crippen LogP contribution in [0.25, 0.3) is 0 Å². The normalized spacial score (nSPS) is 22.6. The van der Waals surface area contributed by atoms with E-state index in [0.717, 1.165) is 37.3 Å².